The molecule has 0 aromatic heterocycles. The predicted molar refractivity (Wildman–Crippen MR) is 114 cm³/mol. The summed E-state index contributed by atoms with van der Waals surface area (Å²) < 4.78 is 0. The summed E-state index contributed by atoms with van der Waals surface area (Å²) in [5, 5.41) is 5.96. The molecule has 1 aromatic rings. The maximum Gasteiger partial charge on any atom is 0.325 e. The third kappa shape index (κ3) is 4.36. The summed E-state index contributed by atoms with van der Waals surface area (Å²) in [5.41, 5.74) is 0.554. The van der Waals surface area contributed by atoms with Gasteiger partial charge in [-0.1, -0.05) is 43.2 Å². The molecule has 1 atom stereocenters. The van der Waals surface area contributed by atoms with Gasteiger partial charge >= 0.3 is 6.03 Å². The molecule has 0 radical (unpaired) electrons. The molecule has 3 aliphatic rings. The number of urea groups is 1. The molecular weight excluding hydrogens is 380 g/mol. The lowest BCUT2D eigenvalue weighted by Gasteiger charge is -2.28. The number of likely N-dealkylation sites (tertiary alicyclic amines) is 1. The van der Waals surface area contributed by atoms with Gasteiger partial charge in [0.25, 0.3) is 5.91 Å². The minimum Gasteiger partial charge on any atom is -0.354 e. The molecule has 1 spiro atoms. The van der Waals surface area contributed by atoms with E-state index < -0.39 is 5.54 Å². The third-order valence-electron chi connectivity index (χ3n) is 6.75. The van der Waals surface area contributed by atoms with Crippen molar-refractivity contribution in [1.82, 2.24) is 20.4 Å². The highest BCUT2D eigenvalue weighted by molar-refractivity contribution is 6.07. The summed E-state index contributed by atoms with van der Waals surface area (Å²) in [5.74, 6) is -0.138. The van der Waals surface area contributed by atoms with Crippen molar-refractivity contribution in [2.45, 2.75) is 62.9 Å². The van der Waals surface area contributed by atoms with E-state index in [-0.39, 0.29) is 23.9 Å². The first-order valence-corrected chi connectivity index (χ1v) is 11.3. The molecule has 1 aliphatic carbocycles. The van der Waals surface area contributed by atoms with Crippen molar-refractivity contribution < 1.29 is 14.4 Å². The van der Waals surface area contributed by atoms with Gasteiger partial charge < -0.3 is 10.6 Å². The van der Waals surface area contributed by atoms with Gasteiger partial charge in [0.1, 0.15) is 5.54 Å². The molecule has 4 rings (SSSR count). The molecule has 2 aliphatic heterocycles. The summed E-state index contributed by atoms with van der Waals surface area (Å²) in [6.07, 6.45) is 6.60. The van der Waals surface area contributed by atoms with E-state index in [2.05, 4.69) is 27.7 Å². The van der Waals surface area contributed by atoms with E-state index in [9.17, 15) is 14.4 Å². The molecule has 2 N–H and O–H groups in total. The van der Waals surface area contributed by atoms with Crippen LogP contribution in [0.2, 0.25) is 0 Å². The average Bonchev–Trinajstić information content (AvgIpc) is 3.48. The van der Waals surface area contributed by atoms with Crippen LogP contribution in [0.4, 0.5) is 4.79 Å². The zero-order valence-electron chi connectivity index (χ0n) is 17.6. The Balaban J connectivity index is 1.25. The van der Waals surface area contributed by atoms with Crippen LogP contribution in [0, 0.1) is 0 Å². The van der Waals surface area contributed by atoms with Gasteiger partial charge in [-0.2, -0.15) is 0 Å². The van der Waals surface area contributed by atoms with Crippen molar-refractivity contribution in [3.63, 3.8) is 0 Å². The first-order chi connectivity index (χ1) is 14.6. The highest BCUT2D eigenvalue weighted by Gasteiger charge is 2.52. The lowest BCUT2D eigenvalue weighted by atomic mass is 9.98. The Morgan fingerprint density at radius 1 is 1.07 bits per heavy atom. The highest BCUT2D eigenvalue weighted by Crippen LogP contribution is 2.35. The number of carbonyl (C=O) groups excluding carboxylic acids is 3. The lowest BCUT2D eigenvalue weighted by Crippen LogP contribution is -2.44. The van der Waals surface area contributed by atoms with Crippen LogP contribution in [0.1, 0.15) is 63.0 Å². The van der Waals surface area contributed by atoms with Gasteiger partial charge in [0.2, 0.25) is 5.91 Å². The molecular formula is C23H32N4O3. The van der Waals surface area contributed by atoms with Crippen molar-refractivity contribution in [1.29, 1.82) is 0 Å². The van der Waals surface area contributed by atoms with Gasteiger partial charge in [0.15, 0.2) is 0 Å². The zero-order chi connectivity index (χ0) is 21.0. The minimum atomic E-state index is -0.669. The van der Waals surface area contributed by atoms with Crippen LogP contribution in [-0.4, -0.2) is 59.4 Å². The van der Waals surface area contributed by atoms with Crippen LogP contribution >= 0.6 is 0 Å². The van der Waals surface area contributed by atoms with Crippen molar-refractivity contribution in [2.75, 3.05) is 26.2 Å². The fourth-order valence-corrected chi connectivity index (χ4v) is 5.08. The SMILES string of the molecule is O=C(CCCN1C(=O)NC2(CCCC2)C1=O)NCC(c1ccccc1)N1CCCC1. The molecule has 7 heteroatoms. The van der Waals surface area contributed by atoms with Crippen molar-refractivity contribution in [3.8, 4) is 0 Å². The van der Waals surface area contributed by atoms with Crippen LogP contribution in [0.3, 0.4) is 0 Å². The number of imide groups is 1. The summed E-state index contributed by atoms with van der Waals surface area (Å²) in [4.78, 5) is 41.1. The van der Waals surface area contributed by atoms with Crippen LogP contribution in [0.25, 0.3) is 0 Å². The Morgan fingerprint density at radius 2 is 1.77 bits per heavy atom. The molecule has 4 amide bonds. The quantitative estimate of drug-likeness (QED) is 0.643. The number of rotatable bonds is 8. The lowest BCUT2D eigenvalue weighted by molar-refractivity contribution is -0.131. The van der Waals surface area contributed by atoms with E-state index in [4.69, 9.17) is 0 Å². The maximum atomic E-state index is 12.7. The first-order valence-electron chi connectivity index (χ1n) is 11.3. The molecule has 2 heterocycles. The van der Waals surface area contributed by atoms with Crippen LogP contribution < -0.4 is 10.6 Å². The first kappa shape index (κ1) is 20.8. The molecule has 1 aromatic carbocycles. The second-order valence-corrected chi connectivity index (χ2v) is 8.75. The molecule has 30 heavy (non-hydrogen) atoms. The van der Waals surface area contributed by atoms with E-state index in [1.54, 1.807) is 0 Å². The monoisotopic (exact) mass is 412 g/mol. The fourth-order valence-electron chi connectivity index (χ4n) is 5.08. The number of hydrogen-bond donors (Lipinski definition) is 2. The fraction of sp³-hybridized carbons (Fsp3) is 0.609. The minimum absolute atomic E-state index is 0.0299. The number of carbonyl (C=O) groups is 3. The van der Waals surface area contributed by atoms with E-state index in [1.807, 2.05) is 18.2 Å². The average molecular weight is 413 g/mol. The second kappa shape index (κ2) is 9.16. The standard InChI is InChI=1S/C23H32N4O3/c28-20(11-8-16-27-21(29)23(25-22(27)30)12-4-5-13-23)24-17-19(26-14-6-7-15-26)18-9-2-1-3-10-18/h1-3,9-10,19H,4-8,11-17H2,(H,24,28)(H,25,30). The zero-order valence-corrected chi connectivity index (χ0v) is 17.6. The van der Waals surface area contributed by atoms with Crippen molar-refractivity contribution in [2.24, 2.45) is 0 Å². The number of nitrogens with zero attached hydrogens (tertiary/aromatic N) is 2. The van der Waals surface area contributed by atoms with Crippen LogP contribution in [0.15, 0.2) is 30.3 Å². The molecule has 1 saturated carbocycles. The van der Waals surface area contributed by atoms with Gasteiger partial charge in [0.05, 0.1) is 6.04 Å². The smallest absolute Gasteiger partial charge is 0.325 e. The van der Waals surface area contributed by atoms with Gasteiger partial charge in [-0.3, -0.25) is 19.4 Å². The van der Waals surface area contributed by atoms with Gasteiger partial charge in [-0.15, -0.1) is 0 Å². The van der Waals surface area contributed by atoms with E-state index >= 15 is 0 Å². The topological polar surface area (TPSA) is 81.8 Å². The normalized spacial score (nSPS) is 21.9. The Morgan fingerprint density at radius 3 is 2.47 bits per heavy atom. The molecule has 1 unspecified atom stereocenters. The van der Waals surface area contributed by atoms with Crippen LogP contribution in [0.5, 0.6) is 0 Å². The largest absolute Gasteiger partial charge is 0.354 e. The number of amides is 4. The third-order valence-corrected chi connectivity index (χ3v) is 6.75. The van der Waals surface area contributed by atoms with Gasteiger partial charge in [-0.05, 0) is 50.8 Å². The second-order valence-electron chi connectivity index (χ2n) is 8.75. The molecule has 162 valence electrons. The van der Waals surface area contributed by atoms with E-state index in [0.717, 1.165) is 38.8 Å². The summed E-state index contributed by atoms with van der Waals surface area (Å²) in [7, 11) is 0. The molecule has 2 saturated heterocycles. The Hall–Kier alpha value is -2.41. The Labute approximate surface area is 178 Å². The van der Waals surface area contributed by atoms with Gasteiger partial charge in [0, 0.05) is 19.5 Å². The maximum absolute atomic E-state index is 12.7. The molecule has 7 nitrogen and oxygen atoms in total. The van der Waals surface area contributed by atoms with E-state index in [0.29, 0.717) is 25.9 Å². The molecule has 3 fully saturated rings. The predicted octanol–water partition coefficient (Wildman–Crippen LogP) is 2.58. The number of nitrogens with one attached hydrogen (secondary N) is 2. The van der Waals surface area contributed by atoms with Crippen LogP contribution in [-0.2, 0) is 9.59 Å². The summed E-state index contributed by atoms with van der Waals surface area (Å²) >= 11 is 0. The number of benzene rings is 1. The highest BCUT2D eigenvalue weighted by atomic mass is 16.2. The summed E-state index contributed by atoms with van der Waals surface area (Å²) in [6.45, 7) is 3.00. The van der Waals surface area contributed by atoms with Crippen molar-refractivity contribution >= 4 is 17.8 Å². The number of hydrogen-bond acceptors (Lipinski definition) is 4. The molecule has 0 bridgehead atoms. The summed E-state index contributed by atoms with van der Waals surface area (Å²) in [6, 6.07) is 10.2. The Bertz CT molecular complexity index is 770. The van der Waals surface area contributed by atoms with Gasteiger partial charge in [-0.25, -0.2) is 4.79 Å². The van der Waals surface area contributed by atoms with Crippen molar-refractivity contribution in [3.05, 3.63) is 35.9 Å². The van der Waals surface area contributed by atoms with E-state index in [1.165, 1.54) is 23.3 Å². The Kier molecular flexibility index (Phi) is 6.37.